The van der Waals surface area contributed by atoms with Crippen molar-refractivity contribution in [2.24, 2.45) is 5.73 Å². The summed E-state index contributed by atoms with van der Waals surface area (Å²) in [4.78, 5) is 10.3. The van der Waals surface area contributed by atoms with Crippen molar-refractivity contribution in [3.05, 3.63) is 35.9 Å². The summed E-state index contributed by atoms with van der Waals surface area (Å²) in [5, 5.41) is 8.37. The largest absolute Gasteiger partial charge is 0.481 e. The van der Waals surface area contributed by atoms with Crippen molar-refractivity contribution in [2.75, 3.05) is 0 Å². The lowest BCUT2D eigenvalue weighted by atomic mass is 9.98. The minimum Gasteiger partial charge on any atom is -0.481 e. The zero-order valence-electron chi connectivity index (χ0n) is 9.27. The molecule has 1 atom stereocenters. The van der Waals surface area contributed by atoms with Gasteiger partial charge in [0.25, 0.3) is 5.92 Å². The van der Waals surface area contributed by atoms with Crippen molar-refractivity contribution < 1.29 is 18.7 Å². The molecule has 0 aromatic heterocycles. The normalized spacial score (nSPS) is 13.4. The number of hydrogen-bond donors (Lipinski definition) is 2. The van der Waals surface area contributed by atoms with Crippen LogP contribution in [0.1, 0.15) is 18.4 Å². The van der Waals surface area contributed by atoms with Gasteiger partial charge in [-0.15, -0.1) is 0 Å². The van der Waals surface area contributed by atoms with E-state index in [2.05, 4.69) is 0 Å². The molecule has 17 heavy (non-hydrogen) atoms. The van der Waals surface area contributed by atoms with Gasteiger partial charge in [-0.1, -0.05) is 30.3 Å². The van der Waals surface area contributed by atoms with Crippen LogP contribution >= 0.6 is 0 Å². The lowest BCUT2D eigenvalue weighted by molar-refractivity contribution is -0.139. The van der Waals surface area contributed by atoms with Gasteiger partial charge in [-0.05, 0) is 12.0 Å². The number of carboxylic acid groups (broad SMARTS) is 1. The first-order chi connectivity index (χ1) is 7.92. The molecule has 3 N–H and O–H groups in total. The van der Waals surface area contributed by atoms with Crippen molar-refractivity contribution >= 4 is 5.97 Å². The van der Waals surface area contributed by atoms with Gasteiger partial charge in [0.15, 0.2) is 0 Å². The van der Waals surface area contributed by atoms with E-state index in [0.717, 1.165) is 5.56 Å². The lowest BCUT2D eigenvalue weighted by Crippen LogP contribution is -2.42. The number of carbonyl (C=O) groups is 1. The lowest BCUT2D eigenvalue weighted by Gasteiger charge is -2.23. The van der Waals surface area contributed by atoms with Crippen molar-refractivity contribution in [1.29, 1.82) is 0 Å². The second kappa shape index (κ2) is 5.72. The number of benzene rings is 1. The highest BCUT2D eigenvalue weighted by atomic mass is 19.3. The van der Waals surface area contributed by atoms with Crippen molar-refractivity contribution in [1.82, 2.24) is 0 Å². The van der Waals surface area contributed by atoms with Crippen LogP contribution in [0.25, 0.3) is 0 Å². The number of nitrogens with two attached hydrogens (primary N) is 1. The van der Waals surface area contributed by atoms with Crippen LogP contribution in [0.2, 0.25) is 0 Å². The predicted molar refractivity (Wildman–Crippen MR) is 59.9 cm³/mol. The molecule has 0 saturated heterocycles. The molecule has 0 aliphatic carbocycles. The molecule has 0 aliphatic rings. The molecule has 0 aliphatic heterocycles. The molecule has 0 fully saturated rings. The Balaban J connectivity index is 2.56. The molecular weight excluding hydrogens is 228 g/mol. The minimum atomic E-state index is -3.16. The van der Waals surface area contributed by atoms with Crippen LogP contribution in [0, 0.1) is 0 Å². The van der Waals surface area contributed by atoms with Crippen LogP contribution < -0.4 is 5.73 Å². The Hall–Kier alpha value is -1.49. The van der Waals surface area contributed by atoms with Crippen LogP contribution in [0.5, 0.6) is 0 Å². The van der Waals surface area contributed by atoms with Crippen LogP contribution in [0.4, 0.5) is 8.78 Å². The third-order valence-corrected chi connectivity index (χ3v) is 2.51. The van der Waals surface area contributed by atoms with Gasteiger partial charge >= 0.3 is 5.97 Å². The summed E-state index contributed by atoms with van der Waals surface area (Å²) in [6.07, 6.45) is -1.26. The molecule has 0 bridgehead atoms. The van der Waals surface area contributed by atoms with Crippen LogP contribution in [-0.2, 0) is 11.2 Å². The zero-order chi connectivity index (χ0) is 12.9. The average molecular weight is 243 g/mol. The fraction of sp³-hybridized carbons (Fsp3) is 0.417. The summed E-state index contributed by atoms with van der Waals surface area (Å²) in [6, 6.07) is 7.36. The van der Waals surface area contributed by atoms with Crippen molar-refractivity contribution in [3.8, 4) is 0 Å². The van der Waals surface area contributed by atoms with Gasteiger partial charge in [0.05, 0.1) is 12.5 Å². The number of carboxylic acids is 1. The summed E-state index contributed by atoms with van der Waals surface area (Å²) in [6.45, 7) is 0. The fourth-order valence-corrected chi connectivity index (χ4v) is 1.48. The van der Waals surface area contributed by atoms with Gasteiger partial charge in [-0.2, -0.15) is 0 Å². The van der Waals surface area contributed by atoms with E-state index in [1.165, 1.54) is 0 Å². The molecular formula is C12H15F2NO2. The number of rotatable bonds is 6. The van der Waals surface area contributed by atoms with Crippen molar-refractivity contribution in [3.63, 3.8) is 0 Å². The third kappa shape index (κ3) is 4.48. The van der Waals surface area contributed by atoms with Gasteiger partial charge in [0, 0.05) is 6.42 Å². The summed E-state index contributed by atoms with van der Waals surface area (Å²) in [7, 11) is 0. The number of halogens is 2. The van der Waals surface area contributed by atoms with E-state index in [1.54, 1.807) is 30.3 Å². The quantitative estimate of drug-likeness (QED) is 0.803. The molecule has 5 heteroatoms. The molecule has 0 heterocycles. The third-order valence-electron chi connectivity index (χ3n) is 2.51. The maximum Gasteiger partial charge on any atom is 0.303 e. The predicted octanol–water partition coefficient (Wildman–Crippen LogP) is 2.06. The first-order valence-corrected chi connectivity index (χ1v) is 5.31. The molecule has 0 spiro atoms. The van der Waals surface area contributed by atoms with E-state index in [1.807, 2.05) is 0 Å². The van der Waals surface area contributed by atoms with Crippen molar-refractivity contribution in [2.45, 2.75) is 31.2 Å². The molecule has 0 radical (unpaired) electrons. The first-order valence-electron chi connectivity index (χ1n) is 5.31. The second-order valence-corrected chi connectivity index (χ2v) is 3.95. The Kier molecular flexibility index (Phi) is 4.57. The van der Waals surface area contributed by atoms with Gasteiger partial charge < -0.3 is 10.8 Å². The SMILES string of the molecule is N[C@@H](Cc1ccccc1)C(F)(F)CCC(=O)O. The molecule has 0 amide bonds. The molecule has 0 unspecified atom stereocenters. The Morgan fingerprint density at radius 3 is 2.47 bits per heavy atom. The van der Waals surface area contributed by atoms with Crippen LogP contribution in [0.3, 0.4) is 0 Å². The highest BCUT2D eigenvalue weighted by Crippen LogP contribution is 2.25. The Morgan fingerprint density at radius 2 is 1.94 bits per heavy atom. The molecule has 1 aromatic carbocycles. The van der Waals surface area contributed by atoms with E-state index >= 15 is 0 Å². The molecule has 94 valence electrons. The fourth-order valence-electron chi connectivity index (χ4n) is 1.48. The summed E-state index contributed by atoms with van der Waals surface area (Å²) in [5.41, 5.74) is 6.14. The van der Waals surface area contributed by atoms with Crippen LogP contribution in [-0.4, -0.2) is 23.0 Å². The van der Waals surface area contributed by atoms with E-state index < -0.39 is 30.8 Å². The van der Waals surface area contributed by atoms with Gasteiger partial charge in [0.1, 0.15) is 0 Å². The van der Waals surface area contributed by atoms with Gasteiger partial charge in [0.2, 0.25) is 0 Å². The highest BCUT2D eigenvalue weighted by molar-refractivity contribution is 5.66. The minimum absolute atomic E-state index is 0.0352. The van der Waals surface area contributed by atoms with E-state index in [4.69, 9.17) is 10.8 Å². The molecule has 1 aromatic rings. The first kappa shape index (κ1) is 13.6. The summed E-state index contributed by atoms with van der Waals surface area (Å²) >= 11 is 0. The number of aliphatic carboxylic acids is 1. The smallest absolute Gasteiger partial charge is 0.303 e. The van der Waals surface area contributed by atoms with Crippen LogP contribution in [0.15, 0.2) is 30.3 Å². The maximum absolute atomic E-state index is 13.5. The topological polar surface area (TPSA) is 63.3 Å². The average Bonchev–Trinajstić information content (AvgIpc) is 2.28. The van der Waals surface area contributed by atoms with E-state index in [0.29, 0.717) is 0 Å². The molecule has 1 rings (SSSR count). The highest BCUT2D eigenvalue weighted by Gasteiger charge is 2.37. The second-order valence-electron chi connectivity index (χ2n) is 3.95. The van der Waals surface area contributed by atoms with Gasteiger partial charge in [-0.3, -0.25) is 4.79 Å². The maximum atomic E-state index is 13.5. The Bertz CT molecular complexity index is 368. The summed E-state index contributed by atoms with van der Waals surface area (Å²) < 4.78 is 26.9. The Labute approximate surface area is 98.2 Å². The summed E-state index contributed by atoms with van der Waals surface area (Å²) in [5.74, 6) is -4.40. The van der Waals surface area contributed by atoms with Gasteiger partial charge in [-0.25, -0.2) is 8.78 Å². The zero-order valence-corrected chi connectivity index (χ0v) is 9.27. The number of alkyl halides is 2. The molecule has 0 saturated carbocycles. The number of hydrogen-bond acceptors (Lipinski definition) is 2. The Morgan fingerprint density at radius 1 is 1.35 bits per heavy atom. The van der Waals surface area contributed by atoms with E-state index in [-0.39, 0.29) is 6.42 Å². The molecule has 3 nitrogen and oxygen atoms in total. The van der Waals surface area contributed by atoms with E-state index in [9.17, 15) is 13.6 Å². The monoisotopic (exact) mass is 243 g/mol. The standard InChI is InChI=1S/C12H15F2NO2/c13-12(14,7-6-11(16)17)10(15)8-9-4-2-1-3-5-9/h1-5,10H,6-8,15H2,(H,16,17)/t10-/m0/s1.